The number of hydrogen-bond acceptors (Lipinski definition) is 4. The second-order valence-corrected chi connectivity index (χ2v) is 5.63. The summed E-state index contributed by atoms with van der Waals surface area (Å²) in [4.78, 5) is 22.3. The lowest BCUT2D eigenvalue weighted by atomic mass is 9.59. The Bertz CT molecular complexity index is 945. The van der Waals surface area contributed by atoms with Crippen molar-refractivity contribution in [2.75, 3.05) is 0 Å². The molecule has 2 heterocycles. The molecule has 1 fully saturated rings. The van der Waals surface area contributed by atoms with E-state index >= 15 is 0 Å². The highest BCUT2D eigenvalue weighted by atomic mass is 16.3. The Morgan fingerprint density at radius 1 is 0.818 bits per heavy atom. The number of fused-ring (bicyclic) bond motifs is 5. The molecule has 2 aromatic heterocycles. The van der Waals surface area contributed by atoms with Crippen molar-refractivity contribution in [3.8, 4) is 0 Å². The Hall–Kier alpha value is -2.62. The van der Waals surface area contributed by atoms with E-state index in [1.165, 1.54) is 37.5 Å². The van der Waals surface area contributed by atoms with Crippen LogP contribution in [0.25, 0.3) is 11.0 Å². The molecule has 0 amide bonds. The van der Waals surface area contributed by atoms with Crippen LogP contribution in [-0.2, 0) is 0 Å². The summed E-state index contributed by atoms with van der Waals surface area (Å²) in [7, 11) is 0. The van der Waals surface area contributed by atoms with Crippen molar-refractivity contribution in [2.45, 2.75) is 24.7 Å². The summed E-state index contributed by atoms with van der Waals surface area (Å²) in [5.74, 6) is 2.12. The Morgan fingerprint density at radius 2 is 1.55 bits per heavy atom. The number of benzene rings is 1. The minimum atomic E-state index is 0.00634. The lowest BCUT2D eigenvalue weighted by molar-refractivity contribution is 0.224. The van der Waals surface area contributed by atoms with Crippen LogP contribution in [-0.4, -0.2) is 0 Å². The predicted molar refractivity (Wildman–Crippen MR) is 82.2 cm³/mol. The molecule has 110 valence electrons. The number of rotatable bonds is 0. The molecule has 4 heteroatoms. The van der Waals surface area contributed by atoms with Gasteiger partial charge in [0.25, 0.3) is 0 Å². The SMILES string of the molecule is O=c1ccoc2c1C1CCC21.O=c1ccoc2ccccc12. The molecule has 0 aliphatic heterocycles. The van der Waals surface area contributed by atoms with Gasteiger partial charge in [0.2, 0.25) is 0 Å². The van der Waals surface area contributed by atoms with Crippen molar-refractivity contribution >= 4 is 11.0 Å². The maximum absolute atomic E-state index is 11.2. The Balaban J connectivity index is 0.000000114. The molecule has 0 N–H and O–H groups in total. The lowest BCUT2D eigenvalue weighted by Crippen LogP contribution is -2.37. The average molecular weight is 294 g/mol. The zero-order valence-electron chi connectivity index (χ0n) is 11.8. The van der Waals surface area contributed by atoms with Gasteiger partial charge in [-0.25, -0.2) is 0 Å². The fourth-order valence-electron chi connectivity index (χ4n) is 3.19. The van der Waals surface area contributed by atoms with E-state index in [1.54, 1.807) is 12.1 Å². The first kappa shape index (κ1) is 13.1. The van der Waals surface area contributed by atoms with Gasteiger partial charge in [0.15, 0.2) is 10.9 Å². The molecule has 1 saturated carbocycles. The molecular weight excluding hydrogens is 280 g/mol. The maximum atomic E-state index is 11.2. The molecule has 4 nitrogen and oxygen atoms in total. The third-order valence-corrected chi connectivity index (χ3v) is 4.49. The summed E-state index contributed by atoms with van der Waals surface area (Å²) >= 11 is 0. The van der Waals surface area contributed by atoms with Crippen LogP contribution in [0.2, 0.25) is 0 Å². The van der Waals surface area contributed by atoms with E-state index < -0.39 is 0 Å². The molecule has 2 atom stereocenters. The average Bonchev–Trinajstić information content (AvgIpc) is 2.51. The van der Waals surface area contributed by atoms with Gasteiger partial charge >= 0.3 is 0 Å². The smallest absolute Gasteiger partial charge is 0.192 e. The van der Waals surface area contributed by atoms with E-state index in [-0.39, 0.29) is 10.9 Å². The summed E-state index contributed by atoms with van der Waals surface area (Å²) in [6, 6.07) is 10.1. The Morgan fingerprint density at radius 3 is 2.27 bits per heavy atom. The van der Waals surface area contributed by atoms with Crippen LogP contribution in [0.5, 0.6) is 0 Å². The first-order valence-electron chi connectivity index (χ1n) is 7.34. The van der Waals surface area contributed by atoms with Crippen molar-refractivity contribution in [1.29, 1.82) is 0 Å². The minimum Gasteiger partial charge on any atom is -0.468 e. The standard InChI is InChI=1S/C9H8O2.C9H6O2/c10-7-3-4-11-9-6-2-1-5(6)8(7)9;10-8-5-6-11-9-4-2-1-3-7(8)9/h3-6H,1-2H2;1-6H. The molecule has 0 bridgehead atoms. The third-order valence-electron chi connectivity index (χ3n) is 4.49. The van der Waals surface area contributed by atoms with Crippen molar-refractivity contribution in [1.82, 2.24) is 0 Å². The highest BCUT2D eigenvalue weighted by Gasteiger charge is 2.48. The summed E-state index contributed by atoms with van der Waals surface area (Å²) < 4.78 is 10.4. The van der Waals surface area contributed by atoms with Crippen LogP contribution < -0.4 is 10.9 Å². The second kappa shape index (κ2) is 4.98. The highest BCUT2D eigenvalue weighted by molar-refractivity contribution is 5.75. The van der Waals surface area contributed by atoms with Gasteiger partial charge < -0.3 is 8.83 Å². The minimum absolute atomic E-state index is 0.00634. The van der Waals surface area contributed by atoms with Crippen molar-refractivity contribution in [3.63, 3.8) is 0 Å². The van der Waals surface area contributed by atoms with Crippen LogP contribution in [0, 0.1) is 0 Å². The summed E-state index contributed by atoms with van der Waals surface area (Å²) in [6.45, 7) is 0. The van der Waals surface area contributed by atoms with Crippen LogP contribution in [0.1, 0.15) is 36.0 Å². The van der Waals surface area contributed by atoms with E-state index in [0.717, 1.165) is 11.3 Å². The molecule has 2 aliphatic rings. The Labute approximate surface area is 126 Å². The third kappa shape index (κ3) is 1.91. The van der Waals surface area contributed by atoms with E-state index in [1.807, 2.05) is 12.1 Å². The second-order valence-electron chi connectivity index (χ2n) is 5.63. The van der Waals surface area contributed by atoms with Crippen molar-refractivity contribution in [3.05, 3.63) is 80.7 Å². The Kier molecular flexibility index (Phi) is 2.96. The van der Waals surface area contributed by atoms with Gasteiger partial charge in [-0.1, -0.05) is 12.1 Å². The molecule has 2 unspecified atom stereocenters. The van der Waals surface area contributed by atoms with Gasteiger partial charge in [0, 0.05) is 29.5 Å². The van der Waals surface area contributed by atoms with E-state index in [9.17, 15) is 9.59 Å². The predicted octanol–water partition coefficient (Wildman–Crippen LogP) is 3.41. The zero-order chi connectivity index (χ0) is 15.1. The molecule has 0 spiro atoms. The summed E-state index contributed by atoms with van der Waals surface area (Å²) in [6.07, 6.45) is 5.32. The van der Waals surface area contributed by atoms with Crippen LogP contribution in [0.15, 0.2) is 67.3 Å². The topological polar surface area (TPSA) is 60.4 Å². The van der Waals surface area contributed by atoms with Crippen LogP contribution in [0.3, 0.4) is 0 Å². The van der Waals surface area contributed by atoms with Gasteiger partial charge in [-0.15, -0.1) is 0 Å². The largest absolute Gasteiger partial charge is 0.468 e. The molecule has 5 rings (SSSR count). The molecule has 22 heavy (non-hydrogen) atoms. The summed E-state index contributed by atoms with van der Waals surface area (Å²) in [5.41, 5.74) is 1.78. The van der Waals surface area contributed by atoms with Gasteiger partial charge in [0.1, 0.15) is 11.3 Å². The van der Waals surface area contributed by atoms with E-state index in [2.05, 4.69) is 0 Å². The van der Waals surface area contributed by atoms with Gasteiger partial charge in [-0.3, -0.25) is 9.59 Å². The fourth-order valence-corrected chi connectivity index (χ4v) is 3.19. The summed E-state index contributed by atoms with van der Waals surface area (Å²) in [5, 5.41) is 0.634. The van der Waals surface area contributed by atoms with E-state index in [0.29, 0.717) is 22.8 Å². The molecule has 2 aliphatic carbocycles. The monoisotopic (exact) mass is 294 g/mol. The molecular formula is C18H14O4. The van der Waals surface area contributed by atoms with Crippen LogP contribution >= 0.6 is 0 Å². The van der Waals surface area contributed by atoms with Crippen LogP contribution in [0.4, 0.5) is 0 Å². The lowest BCUT2D eigenvalue weighted by Gasteiger charge is -2.45. The quantitative estimate of drug-likeness (QED) is 0.637. The van der Waals surface area contributed by atoms with Gasteiger partial charge in [-0.2, -0.15) is 0 Å². The van der Waals surface area contributed by atoms with Crippen molar-refractivity contribution < 1.29 is 8.83 Å². The number of hydrogen-bond donors (Lipinski definition) is 0. The fraction of sp³-hybridized carbons (Fsp3) is 0.222. The molecule has 0 saturated heterocycles. The molecule has 0 radical (unpaired) electrons. The molecule has 3 aromatic rings. The first-order valence-corrected chi connectivity index (χ1v) is 7.34. The van der Waals surface area contributed by atoms with E-state index in [4.69, 9.17) is 8.83 Å². The molecule has 1 aromatic carbocycles. The zero-order valence-corrected chi connectivity index (χ0v) is 11.8. The first-order chi connectivity index (χ1) is 10.8. The van der Waals surface area contributed by atoms with Gasteiger partial charge in [-0.05, 0) is 25.0 Å². The number of para-hydroxylation sites is 1. The maximum Gasteiger partial charge on any atom is 0.192 e. The van der Waals surface area contributed by atoms with Gasteiger partial charge in [0.05, 0.1) is 17.9 Å². The normalized spacial score (nSPS) is 20.7. The highest BCUT2D eigenvalue weighted by Crippen LogP contribution is 2.58. The van der Waals surface area contributed by atoms with Crippen molar-refractivity contribution in [2.24, 2.45) is 0 Å².